The summed E-state index contributed by atoms with van der Waals surface area (Å²) in [6.07, 6.45) is 4.89. The smallest absolute Gasteiger partial charge is 0.158 e. The molecule has 0 fully saturated rings. The molecule has 0 atom stereocenters. The number of nitrogens with zero attached hydrogens (tertiary/aromatic N) is 3. The summed E-state index contributed by atoms with van der Waals surface area (Å²) in [6.45, 7) is 0. The second kappa shape index (κ2) is 1.94. The normalized spacial score (nSPS) is 10.0. The van der Waals surface area contributed by atoms with E-state index in [0.29, 0.717) is 0 Å². The van der Waals surface area contributed by atoms with Gasteiger partial charge in [0, 0.05) is 6.20 Å². The Hall–Kier alpha value is -1.65. The average Bonchev–Trinajstić information content (AvgIpc) is 2.59. The lowest BCUT2D eigenvalue weighted by Gasteiger charge is -1.82. The number of hydrogen-bond acceptors (Lipinski definition) is 3. The highest BCUT2D eigenvalue weighted by Gasteiger charge is 1.98. The SMILES string of the molecule is c1n[nH]c(-c2cn[nH]c2)n1. The third kappa shape index (κ3) is 0.680. The largest absolute Gasteiger partial charge is 0.285 e. The number of aromatic amines is 2. The first-order valence-corrected chi connectivity index (χ1v) is 2.81. The summed E-state index contributed by atoms with van der Waals surface area (Å²) in [5.41, 5.74) is 0.914. The van der Waals surface area contributed by atoms with E-state index in [-0.39, 0.29) is 0 Å². The molecule has 0 aliphatic heterocycles. The van der Waals surface area contributed by atoms with Crippen LogP contribution >= 0.6 is 0 Å². The van der Waals surface area contributed by atoms with Crippen LogP contribution in [0.5, 0.6) is 0 Å². The van der Waals surface area contributed by atoms with Crippen molar-refractivity contribution in [1.29, 1.82) is 0 Å². The van der Waals surface area contributed by atoms with Crippen molar-refractivity contribution in [2.24, 2.45) is 0 Å². The van der Waals surface area contributed by atoms with E-state index >= 15 is 0 Å². The van der Waals surface area contributed by atoms with Gasteiger partial charge in [0.1, 0.15) is 6.33 Å². The predicted molar refractivity (Wildman–Crippen MR) is 34.0 cm³/mol. The maximum absolute atomic E-state index is 3.93. The first-order chi connectivity index (χ1) is 4.97. The van der Waals surface area contributed by atoms with Gasteiger partial charge in [0.05, 0.1) is 11.8 Å². The van der Waals surface area contributed by atoms with Gasteiger partial charge in [-0.05, 0) is 0 Å². The van der Waals surface area contributed by atoms with Gasteiger partial charge in [0.15, 0.2) is 5.82 Å². The maximum Gasteiger partial charge on any atom is 0.158 e. The van der Waals surface area contributed by atoms with Gasteiger partial charge >= 0.3 is 0 Å². The van der Waals surface area contributed by atoms with Crippen molar-refractivity contribution in [1.82, 2.24) is 25.4 Å². The van der Waals surface area contributed by atoms with E-state index in [1.165, 1.54) is 6.33 Å². The monoisotopic (exact) mass is 135 g/mol. The minimum atomic E-state index is 0.730. The molecule has 0 spiro atoms. The molecule has 0 aliphatic carbocycles. The zero-order chi connectivity index (χ0) is 6.81. The minimum Gasteiger partial charge on any atom is -0.285 e. The van der Waals surface area contributed by atoms with Crippen LogP contribution < -0.4 is 0 Å². The van der Waals surface area contributed by atoms with E-state index < -0.39 is 0 Å². The van der Waals surface area contributed by atoms with Gasteiger partial charge in [0.25, 0.3) is 0 Å². The molecule has 0 radical (unpaired) electrons. The maximum atomic E-state index is 3.93. The van der Waals surface area contributed by atoms with Crippen molar-refractivity contribution < 1.29 is 0 Å². The minimum absolute atomic E-state index is 0.730. The Kier molecular flexibility index (Phi) is 1.00. The third-order valence-corrected chi connectivity index (χ3v) is 1.19. The highest BCUT2D eigenvalue weighted by Crippen LogP contribution is 2.08. The molecule has 5 heteroatoms. The highest BCUT2D eigenvalue weighted by atomic mass is 15.2. The summed E-state index contributed by atoms with van der Waals surface area (Å²) >= 11 is 0. The highest BCUT2D eigenvalue weighted by molar-refractivity contribution is 5.50. The Morgan fingerprint density at radius 2 is 2.30 bits per heavy atom. The molecule has 0 aliphatic rings. The van der Waals surface area contributed by atoms with E-state index in [0.717, 1.165) is 11.4 Å². The van der Waals surface area contributed by atoms with Crippen molar-refractivity contribution >= 4 is 0 Å². The molecule has 0 aromatic carbocycles. The Labute approximate surface area is 56.5 Å². The Morgan fingerprint density at radius 1 is 1.30 bits per heavy atom. The topological polar surface area (TPSA) is 70.2 Å². The summed E-state index contributed by atoms with van der Waals surface area (Å²) in [5, 5.41) is 12.9. The van der Waals surface area contributed by atoms with E-state index in [4.69, 9.17) is 0 Å². The lowest BCUT2D eigenvalue weighted by Crippen LogP contribution is -1.74. The van der Waals surface area contributed by atoms with Crippen LogP contribution in [0.2, 0.25) is 0 Å². The van der Waals surface area contributed by atoms with Crippen molar-refractivity contribution in [3.05, 3.63) is 18.7 Å². The van der Waals surface area contributed by atoms with Gasteiger partial charge in [-0.15, -0.1) is 0 Å². The predicted octanol–water partition coefficient (Wildman–Crippen LogP) is 0.195. The fourth-order valence-electron chi connectivity index (χ4n) is 0.725. The zero-order valence-electron chi connectivity index (χ0n) is 5.07. The van der Waals surface area contributed by atoms with Crippen LogP contribution in [0.1, 0.15) is 0 Å². The molecule has 5 nitrogen and oxygen atoms in total. The standard InChI is InChI=1S/C5H5N5/c1-4(2-8-7-1)5-6-3-9-10-5/h1-3H,(H,7,8)(H,6,9,10). The van der Waals surface area contributed by atoms with Crippen LogP contribution in [-0.4, -0.2) is 25.4 Å². The van der Waals surface area contributed by atoms with Gasteiger partial charge in [0.2, 0.25) is 0 Å². The summed E-state index contributed by atoms with van der Waals surface area (Å²) in [6, 6.07) is 0. The number of aromatic nitrogens is 5. The Morgan fingerprint density at radius 3 is 2.90 bits per heavy atom. The first kappa shape index (κ1) is 5.16. The average molecular weight is 135 g/mol. The number of nitrogens with one attached hydrogen (secondary N) is 2. The van der Waals surface area contributed by atoms with E-state index in [1.807, 2.05) is 0 Å². The lowest BCUT2D eigenvalue weighted by molar-refractivity contribution is 1.09. The van der Waals surface area contributed by atoms with Crippen molar-refractivity contribution in [3.8, 4) is 11.4 Å². The van der Waals surface area contributed by atoms with E-state index in [9.17, 15) is 0 Å². The second-order valence-electron chi connectivity index (χ2n) is 1.82. The second-order valence-corrected chi connectivity index (χ2v) is 1.82. The molecule has 2 aromatic heterocycles. The summed E-state index contributed by atoms with van der Waals surface area (Å²) in [7, 11) is 0. The molecule has 10 heavy (non-hydrogen) atoms. The molecule has 50 valence electrons. The first-order valence-electron chi connectivity index (χ1n) is 2.81. The summed E-state index contributed by atoms with van der Waals surface area (Å²) in [5.74, 6) is 0.730. The van der Waals surface area contributed by atoms with Gasteiger partial charge in [-0.2, -0.15) is 10.2 Å². The van der Waals surface area contributed by atoms with E-state index in [2.05, 4.69) is 25.4 Å². The van der Waals surface area contributed by atoms with Crippen LogP contribution in [-0.2, 0) is 0 Å². The molecule has 2 N–H and O–H groups in total. The molecule has 0 unspecified atom stereocenters. The third-order valence-electron chi connectivity index (χ3n) is 1.19. The molecular formula is C5H5N5. The van der Waals surface area contributed by atoms with Crippen LogP contribution in [0.3, 0.4) is 0 Å². The van der Waals surface area contributed by atoms with Gasteiger partial charge in [-0.3, -0.25) is 10.2 Å². The molecule has 2 aromatic rings. The summed E-state index contributed by atoms with van der Waals surface area (Å²) in [4.78, 5) is 3.93. The fourth-order valence-corrected chi connectivity index (χ4v) is 0.725. The number of H-pyrrole nitrogens is 2. The quantitative estimate of drug-likeness (QED) is 0.586. The van der Waals surface area contributed by atoms with Gasteiger partial charge < -0.3 is 0 Å². The molecule has 2 heterocycles. The van der Waals surface area contributed by atoms with Crippen LogP contribution in [0.15, 0.2) is 18.7 Å². The molecule has 0 saturated heterocycles. The van der Waals surface area contributed by atoms with Crippen molar-refractivity contribution in [2.45, 2.75) is 0 Å². The Balaban J connectivity index is 2.48. The molecular weight excluding hydrogens is 130 g/mol. The number of rotatable bonds is 1. The van der Waals surface area contributed by atoms with Gasteiger partial charge in [-0.25, -0.2) is 4.98 Å². The molecule has 2 rings (SSSR count). The number of hydrogen-bond donors (Lipinski definition) is 2. The fraction of sp³-hybridized carbons (Fsp3) is 0. The molecule has 0 amide bonds. The molecule has 0 bridgehead atoms. The van der Waals surface area contributed by atoms with Crippen molar-refractivity contribution in [3.63, 3.8) is 0 Å². The summed E-state index contributed by atoms with van der Waals surface area (Å²) < 4.78 is 0. The lowest BCUT2D eigenvalue weighted by atomic mass is 10.3. The van der Waals surface area contributed by atoms with Gasteiger partial charge in [-0.1, -0.05) is 0 Å². The van der Waals surface area contributed by atoms with Crippen LogP contribution in [0, 0.1) is 0 Å². The van der Waals surface area contributed by atoms with Crippen molar-refractivity contribution in [2.75, 3.05) is 0 Å². The molecule has 0 saturated carbocycles. The van der Waals surface area contributed by atoms with Crippen LogP contribution in [0.4, 0.5) is 0 Å². The van der Waals surface area contributed by atoms with Crippen LogP contribution in [0.25, 0.3) is 11.4 Å². The van der Waals surface area contributed by atoms with E-state index in [1.54, 1.807) is 12.4 Å². The Bertz CT molecular complexity index is 249. The zero-order valence-corrected chi connectivity index (χ0v) is 5.07.